The number of benzene rings is 2. The van der Waals surface area contributed by atoms with Gasteiger partial charge in [-0.1, -0.05) is 54.2 Å². The Labute approximate surface area is 139 Å². The molecule has 0 aliphatic rings. The Hall–Kier alpha value is -2.40. The first kappa shape index (κ1) is 15.5. The zero-order chi connectivity index (χ0) is 16.2. The minimum Gasteiger partial charge on any atom is -0.371 e. The van der Waals surface area contributed by atoms with Crippen LogP contribution in [0.2, 0.25) is 0 Å². The van der Waals surface area contributed by atoms with Crippen molar-refractivity contribution in [1.29, 1.82) is 0 Å². The number of hydrogen-bond donors (Lipinski definition) is 1. The predicted octanol–water partition coefficient (Wildman–Crippen LogP) is 4.09. The van der Waals surface area contributed by atoms with Gasteiger partial charge in [-0.25, -0.2) is 9.97 Å². The number of para-hydroxylation sites is 2. The summed E-state index contributed by atoms with van der Waals surface area (Å²) in [6.07, 6.45) is 0. The smallest absolute Gasteiger partial charge is 0.159 e. The molecule has 3 rings (SSSR count). The van der Waals surface area contributed by atoms with Crippen LogP contribution in [0.5, 0.6) is 0 Å². The van der Waals surface area contributed by atoms with Gasteiger partial charge in [-0.15, -0.1) is 0 Å². The van der Waals surface area contributed by atoms with Gasteiger partial charge in [0.2, 0.25) is 0 Å². The molecule has 0 bridgehead atoms. The van der Waals surface area contributed by atoms with Crippen LogP contribution < -0.4 is 5.32 Å². The van der Waals surface area contributed by atoms with E-state index in [0.29, 0.717) is 5.82 Å². The number of rotatable bonds is 5. The first-order valence-electron chi connectivity index (χ1n) is 7.35. The predicted molar refractivity (Wildman–Crippen MR) is 94.8 cm³/mol. The third-order valence-corrected chi connectivity index (χ3v) is 4.82. The van der Waals surface area contributed by atoms with Gasteiger partial charge in [0.25, 0.3) is 0 Å². The second-order valence-corrected chi connectivity index (χ2v) is 6.23. The van der Waals surface area contributed by atoms with E-state index in [0.717, 1.165) is 21.6 Å². The van der Waals surface area contributed by atoms with Crippen molar-refractivity contribution >= 4 is 34.4 Å². The van der Waals surface area contributed by atoms with Gasteiger partial charge < -0.3 is 5.32 Å². The Morgan fingerprint density at radius 2 is 1.61 bits per heavy atom. The normalized spacial score (nSPS) is 12.1. The topological polar surface area (TPSA) is 54.9 Å². The maximum atomic E-state index is 12.1. The van der Waals surface area contributed by atoms with Crippen molar-refractivity contribution in [3.8, 4) is 0 Å². The number of hydrogen-bond acceptors (Lipinski definition) is 5. The van der Waals surface area contributed by atoms with Crippen LogP contribution in [0.4, 0.5) is 5.82 Å². The van der Waals surface area contributed by atoms with Gasteiger partial charge >= 0.3 is 0 Å². The van der Waals surface area contributed by atoms with Crippen molar-refractivity contribution in [2.45, 2.75) is 17.2 Å². The molecule has 0 radical (unpaired) electrons. The quantitative estimate of drug-likeness (QED) is 0.717. The number of anilines is 1. The molecule has 1 unspecified atom stereocenters. The Bertz CT molecular complexity index is 836. The molecule has 1 N–H and O–H groups in total. The summed E-state index contributed by atoms with van der Waals surface area (Å²) >= 11 is 1.43. The van der Waals surface area contributed by atoms with Gasteiger partial charge in [0.15, 0.2) is 5.82 Å². The molecule has 0 aliphatic heterocycles. The Balaban J connectivity index is 2.03. The van der Waals surface area contributed by atoms with Crippen LogP contribution in [0.1, 0.15) is 17.7 Å². The number of Topliss-reactive ketones (excluding diaryl/α,β-unsaturated/α-hetero) is 1. The molecule has 23 heavy (non-hydrogen) atoms. The van der Waals surface area contributed by atoms with Gasteiger partial charge in [0.1, 0.15) is 10.8 Å². The van der Waals surface area contributed by atoms with Crippen molar-refractivity contribution in [2.75, 3.05) is 12.4 Å². The Morgan fingerprint density at radius 1 is 1.00 bits per heavy atom. The number of thioether (sulfide) groups is 1. The van der Waals surface area contributed by atoms with Crippen LogP contribution in [0.15, 0.2) is 59.6 Å². The van der Waals surface area contributed by atoms with E-state index < -0.39 is 0 Å². The van der Waals surface area contributed by atoms with Crippen molar-refractivity contribution < 1.29 is 4.79 Å². The molecular formula is C18H17N3OS. The zero-order valence-corrected chi connectivity index (χ0v) is 13.8. The highest BCUT2D eigenvalue weighted by molar-refractivity contribution is 8.00. The molecule has 4 nitrogen and oxygen atoms in total. The summed E-state index contributed by atoms with van der Waals surface area (Å²) in [5.41, 5.74) is 2.63. The Morgan fingerprint density at radius 3 is 2.22 bits per heavy atom. The highest BCUT2D eigenvalue weighted by Crippen LogP contribution is 2.38. The maximum Gasteiger partial charge on any atom is 0.159 e. The van der Waals surface area contributed by atoms with E-state index in [2.05, 4.69) is 15.3 Å². The maximum absolute atomic E-state index is 12.1. The number of aromatic nitrogens is 2. The van der Waals surface area contributed by atoms with Crippen molar-refractivity contribution in [3.05, 3.63) is 60.2 Å². The molecule has 0 saturated heterocycles. The average molecular weight is 323 g/mol. The van der Waals surface area contributed by atoms with E-state index in [1.807, 2.05) is 61.6 Å². The summed E-state index contributed by atoms with van der Waals surface area (Å²) in [5, 5.41) is 3.52. The number of nitrogens with one attached hydrogen (secondary N) is 1. The van der Waals surface area contributed by atoms with Gasteiger partial charge in [0, 0.05) is 7.05 Å². The fraction of sp³-hybridized carbons (Fsp3) is 0.167. The zero-order valence-electron chi connectivity index (χ0n) is 13.0. The first-order chi connectivity index (χ1) is 11.2. The van der Waals surface area contributed by atoms with Gasteiger partial charge in [-0.3, -0.25) is 4.79 Å². The summed E-state index contributed by atoms with van der Waals surface area (Å²) in [7, 11) is 1.81. The number of carbonyl (C=O) groups is 1. The van der Waals surface area contributed by atoms with E-state index in [9.17, 15) is 4.79 Å². The third-order valence-electron chi connectivity index (χ3n) is 3.48. The van der Waals surface area contributed by atoms with Crippen molar-refractivity contribution in [1.82, 2.24) is 9.97 Å². The fourth-order valence-electron chi connectivity index (χ4n) is 2.35. The van der Waals surface area contributed by atoms with E-state index in [1.165, 1.54) is 11.8 Å². The van der Waals surface area contributed by atoms with Crippen molar-refractivity contribution in [2.24, 2.45) is 0 Å². The van der Waals surface area contributed by atoms with Crippen LogP contribution in [-0.2, 0) is 4.79 Å². The van der Waals surface area contributed by atoms with Crippen LogP contribution in [0.3, 0.4) is 0 Å². The number of fused-ring (bicyclic) bond motifs is 1. The molecule has 0 fully saturated rings. The lowest BCUT2D eigenvalue weighted by Gasteiger charge is -2.15. The molecule has 0 spiro atoms. The van der Waals surface area contributed by atoms with E-state index >= 15 is 0 Å². The molecule has 1 aromatic heterocycles. The molecular weight excluding hydrogens is 306 g/mol. The molecule has 0 saturated carbocycles. The van der Waals surface area contributed by atoms with Crippen LogP contribution in [-0.4, -0.2) is 22.8 Å². The SMILES string of the molecule is CNc1nc2ccccc2nc1SC(C(C)=O)c1ccccc1. The standard InChI is InChI=1S/C18H17N3OS/c1-12(22)16(13-8-4-3-5-9-13)23-18-17(19-2)20-14-10-6-7-11-15(14)21-18/h3-11,16H,1-2H3,(H,19,20). The number of nitrogens with zero attached hydrogens (tertiary/aromatic N) is 2. The summed E-state index contributed by atoms with van der Waals surface area (Å²) in [5.74, 6) is 0.786. The lowest BCUT2D eigenvalue weighted by molar-refractivity contribution is -0.116. The molecule has 1 atom stereocenters. The van der Waals surface area contributed by atoms with E-state index in [-0.39, 0.29) is 11.0 Å². The van der Waals surface area contributed by atoms with E-state index in [1.54, 1.807) is 6.92 Å². The number of ketones is 1. The van der Waals surface area contributed by atoms with Gasteiger partial charge in [-0.05, 0) is 24.6 Å². The van der Waals surface area contributed by atoms with Crippen LogP contribution in [0, 0.1) is 0 Å². The fourth-order valence-corrected chi connectivity index (χ4v) is 3.45. The second kappa shape index (κ2) is 6.79. The van der Waals surface area contributed by atoms with Gasteiger partial charge in [0.05, 0.1) is 16.3 Å². The Kier molecular flexibility index (Phi) is 4.57. The summed E-state index contributed by atoms with van der Waals surface area (Å²) in [4.78, 5) is 21.4. The average Bonchev–Trinajstić information content (AvgIpc) is 2.59. The van der Waals surface area contributed by atoms with Crippen LogP contribution >= 0.6 is 11.8 Å². The molecule has 1 heterocycles. The summed E-state index contributed by atoms with van der Waals surface area (Å²) in [6.45, 7) is 1.61. The molecule has 3 aromatic rings. The minimum absolute atomic E-state index is 0.0956. The van der Waals surface area contributed by atoms with E-state index in [4.69, 9.17) is 0 Å². The second-order valence-electron chi connectivity index (χ2n) is 5.14. The van der Waals surface area contributed by atoms with Crippen LogP contribution in [0.25, 0.3) is 11.0 Å². The monoisotopic (exact) mass is 323 g/mol. The molecule has 116 valence electrons. The molecule has 0 aliphatic carbocycles. The molecule has 5 heteroatoms. The molecule has 2 aromatic carbocycles. The highest BCUT2D eigenvalue weighted by Gasteiger charge is 2.21. The summed E-state index contributed by atoms with van der Waals surface area (Å²) < 4.78 is 0. The highest BCUT2D eigenvalue weighted by atomic mass is 32.2. The lowest BCUT2D eigenvalue weighted by atomic mass is 10.1. The largest absolute Gasteiger partial charge is 0.371 e. The third kappa shape index (κ3) is 3.35. The number of carbonyl (C=O) groups excluding carboxylic acids is 1. The first-order valence-corrected chi connectivity index (χ1v) is 8.23. The minimum atomic E-state index is -0.293. The van der Waals surface area contributed by atoms with Crippen molar-refractivity contribution in [3.63, 3.8) is 0 Å². The van der Waals surface area contributed by atoms with Gasteiger partial charge in [-0.2, -0.15) is 0 Å². The lowest BCUT2D eigenvalue weighted by Crippen LogP contribution is -2.07. The molecule has 0 amide bonds. The summed E-state index contributed by atoms with van der Waals surface area (Å²) in [6, 6.07) is 17.5.